The summed E-state index contributed by atoms with van der Waals surface area (Å²) >= 11 is 6.39. The first kappa shape index (κ1) is 30.6. The van der Waals surface area contributed by atoms with Crippen molar-refractivity contribution in [1.29, 1.82) is 0 Å². The molecule has 43 heavy (non-hydrogen) atoms. The van der Waals surface area contributed by atoms with Crippen molar-refractivity contribution in [3.8, 4) is 5.75 Å². The molecule has 0 bridgehead atoms. The van der Waals surface area contributed by atoms with Gasteiger partial charge in [-0.1, -0.05) is 17.7 Å². The zero-order valence-electron chi connectivity index (χ0n) is 24.5. The number of hydrogen-bond acceptors (Lipinski definition) is 7. The van der Waals surface area contributed by atoms with Crippen LogP contribution in [0.5, 0.6) is 5.75 Å². The Labute approximate surface area is 258 Å². The summed E-state index contributed by atoms with van der Waals surface area (Å²) in [4.78, 5) is 14.3. The van der Waals surface area contributed by atoms with Crippen LogP contribution in [0.3, 0.4) is 0 Å². The van der Waals surface area contributed by atoms with Crippen molar-refractivity contribution in [1.82, 2.24) is 0 Å². The van der Waals surface area contributed by atoms with Crippen molar-refractivity contribution >= 4 is 33.3 Å². The van der Waals surface area contributed by atoms with Crippen molar-refractivity contribution in [3.63, 3.8) is 0 Å². The fourth-order valence-electron chi connectivity index (χ4n) is 7.75. The largest absolute Gasteiger partial charge is 0.490 e. The number of hydrogen-bond donors (Lipinski definition) is 2. The molecule has 6 rings (SSSR count). The van der Waals surface area contributed by atoms with E-state index >= 15 is 0 Å². The number of sulfonamides is 1. The Hall–Kier alpha value is -2.37. The van der Waals surface area contributed by atoms with E-state index in [1.807, 2.05) is 6.07 Å². The predicted molar refractivity (Wildman–Crippen MR) is 165 cm³/mol. The lowest BCUT2D eigenvalue weighted by Gasteiger charge is -2.48. The summed E-state index contributed by atoms with van der Waals surface area (Å²) in [5, 5.41) is 15.8. The number of primary sulfonamides is 1. The van der Waals surface area contributed by atoms with E-state index in [1.165, 1.54) is 11.1 Å². The summed E-state index contributed by atoms with van der Waals surface area (Å²) in [6.07, 6.45) is 6.03. The van der Waals surface area contributed by atoms with Crippen LogP contribution in [-0.4, -0.2) is 69.9 Å². The lowest BCUT2D eigenvalue weighted by Crippen LogP contribution is -2.51. The van der Waals surface area contributed by atoms with Gasteiger partial charge >= 0.3 is 5.97 Å². The quantitative estimate of drug-likeness (QED) is 0.426. The first-order valence-electron chi connectivity index (χ1n) is 15.3. The number of ether oxygens (including phenoxy) is 3. The zero-order valence-corrected chi connectivity index (χ0v) is 26.1. The molecule has 234 valence electrons. The molecular weight excluding hydrogens is 592 g/mol. The number of halogens is 1. The normalized spacial score (nSPS) is 29.5. The monoisotopic (exact) mass is 632 g/mol. The molecule has 4 aliphatic rings. The average molecular weight is 633 g/mol. The Morgan fingerprint density at radius 1 is 1.23 bits per heavy atom. The van der Waals surface area contributed by atoms with Gasteiger partial charge in [-0.25, -0.2) is 18.4 Å². The molecule has 1 unspecified atom stereocenters. The number of carboxylic acid groups (broad SMARTS) is 1. The fraction of sp³-hybridized carbons (Fsp3) is 0.594. The number of aromatic carboxylic acids is 1. The minimum atomic E-state index is -3.61. The second-order valence-corrected chi connectivity index (χ2v) is 15.0. The van der Waals surface area contributed by atoms with E-state index in [1.54, 1.807) is 25.1 Å². The van der Waals surface area contributed by atoms with Gasteiger partial charge in [0.05, 0.1) is 41.9 Å². The van der Waals surface area contributed by atoms with E-state index in [4.69, 9.17) is 31.0 Å². The molecule has 6 atom stereocenters. The van der Waals surface area contributed by atoms with Gasteiger partial charge in [0.1, 0.15) is 5.75 Å². The van der Waals surface area contributed by atoms with E-state index in [0.717, 1.165) is 68.7 Å². The molecule has 2 aliphatic heterocycles. The maximum Gasteiger partial charge on any atom is 0.335 e. The maximum atomic E-state index is 12.0. The van der Waals surface area contributed by atoms with E-state index in [0.29, 0.717) is 30.8 Å². The van der Waals surface area contributed by atoms with Gasteiger partial charge in [-0.15, -0.1) is 0 Å². The highest BCUT2D eigenvalue weighted by Crippen LogP contribution is 2.47. The van der Waals surface area contributed by atoms with Crippen molar-refractivity contribution in [2.24, 2.45) is 17.0 Å². The number of aryl methyl sites for hydroxylation is 1. The van der Waals surface area contributed by atoms with Crippen LogP contribution in [0, 0.1) is 11.8 Å². The first-order valence-corrected chi connectivity index (χ1v) is 17.4. The molecule has 1 saturated heterocycles. The van der Waals surface area contributed by atoms with Gasteiger partial charge in [0.25, 0.3) is 0 Å². The smallest absolute Gasteiger partial charge is 0.335 e. The minimum Gasteiger partial charge on any atom is -0.490 e. The van der Waals surface area contributed by atoms with E-state index < -0.39 is 22.1 Å². The predicted octanol–water partition coefficient (Wildman–Crippen LogP) is 4.78. The van der Waals surface area contributed by atoms with Crippen LogP contribution in [0.25, 0.3) is 0 Å². The molecule has 1 spiro atoms. The molecule has 2 aromatic rings. The summed E-state index contributed by atoms with van der Waals surface area (Å²) in [5.41, 5.74) is 3.37. The second kappa shape index (κ2) is 12.2. The molecule has 1 saturated carbocycles. The molecule has 0 radical (unpaired) electrons. The van der Waals surface area contributed by atoms with Crippen LogP contribution in [0.15, 0.2) is 36.4 Å². The molecule has 11 heteroatoms. The van der Waals surface area contributed by atoms with Gasteiger partial charge in [0, 0.05) is 36.6 Å². The van der Waals surface area contributed by atoms with Crippen LogP contribution in [0.1, 0.15) is 66.9 Å². The number of benzene rings is 2. The van der Waals surface area contributed by atoms with E-state index in [2.05, 4.69) is 17.0 Å². The topological polar surface area (TPSA) is 128 Å². The zero-order chi connectivity index (χ0) is 30.4. The molecule has 0 aromatic heterocycles. The molecular formula is C32H41ClN2O7S. The number of rotatable bonds is 8. The SMILES string of the molecule is C[C@@H](CS(N)(=O)=O)O[C@@H]1CCO[C@H]([C@@H]2CC[C@H]2CN2CC3(CCCc4cc(Cl)ccc43)COc3ccc(C(=O)O)cc32)C1. The lowest BCUT2D eigenvalue weighted by molar-refractivity contribution is -0.126. The molecule has 0 amide bonds. The molecule has 9 nitrogen and oxygen atoms in total. The second-order valence-electron chi connectivity index (χ2n) is 12.9. The van der Waals surface area contributed by atoms with Crippen molar-refractivity contribution in [2.45, 2.75) is 75.6 Å². The van der Waals surface area contributed by atoms with Crippen LogP contribution in [0.2, 0.25) is 5.02 Å². The van der Waals surface area contributed by atoms with E-state index in [-0.39, 0.29) is 28.9 Å². The number of nitrogens with two attached hydrogens (primary N) is 1. The molecule has 2 aromatic carbocycles. The molecule has 2 heterocycles. The highest BCUT2D eigenvalue weighted by atomic mass is 35.5. The Morgan fingerprint density at radius 3 is 2.81 bits per heavy atom. The number of nitrogens with zero attached hydrogens (tertiary/aromatic N) is 1. The van der Waals surface area contributed by atoms with Gasteiger partial charge < -0.3 is 24.2 Å². The number of anilines is 1. The van der Waals surface area contributed by atoms with Crippen LogP contribution >= 0.6 is 11.6 Å². The maximum absolute atomic E-state index is 12.0. The Morgan fingerprint density at radius 2 is 2.07 bits per heavy atom. The number of fused-ring (bicyclic) bond motifs is 3. The van der Waals surface area contributed by atoms with Crippen LogP contribution < -0.4 is 14.8 Å². The highest BCUT2D eigenvalue weighted by Gasteiger charge is 2.45. The third-order valence-corrected chi connectivity index (χ3v) is 11.0. The molecule has 2 aliphatic carbocycles. The van der Waals surface area contributed by atoms with Gasteiger partial charge in [0.2, 0.25) is 10.0 Å². The molecule has 3 N–H and O–H groups in total. The van der Waals surface area contributed by atoms with Crippen molar-refractivity contribution < 1.29 is 32.5 Å². The van der Waals surface area contributed by atoms with Crippen LogP contribution in [0.4, 0.5) is 5.69 Å². The summed E-state index contributed by atoms with van der Waals surface area (Å²) in [5.74, 6) is 0.246. The van der Waals surface area contributed by atoms with E-state index in [9.17, 15) is 18.3 Å². The van der Waals surface area contributed by atoms with Gasteiger partial charge in [-0.2, -0.15) is 0 Å². The highest BCUT2D eigenvalue weighted by molar-refractivity contribution is 7.89. The fourth-order valence-corrected chi connectivity index (χ4v) is 8.68. The Kier molecular flexibility index (Phi) is 8.69. The van der Waals surface area contributed by atoms with Gasteiger partial charge in [-0.05, 0) is 98.7 Å². The lowest BCUT2D eigenvalue weighted by atomic mass is 9.67. The summed E-state index contributed by atoms with van der Waals surface area (Å²) in [7, 11) is -3.61. The summed E-state index contributed by atoms with van der Waals surface area (Å²) in [6, 6.07) is 11.4. The first-order chi connectivity index (χ1) is 20.5. The summed E-state index contributed by atoms with van der Waals surface area (Å²) in [6.45, 7) is 4.34. The minimum absolute atomic E-state index is 0.0266. The Balaban J connectivity index is 1.24. The van der Waals surface area contributed by atoms with Gasteiger partial charge in [-0.3, -0.25) is 0 Å². The summed E-state index contributed by atoms with van der Waals surface area (Å²) < 4.78 is 41.9. The third-order valence-electron chi connectivity index (χ3n) is 9.85. The third kappa shape index (κ3) is 6.68. The number of carboxylic acids is 1. The van der Waals surface area contributed by atoms with Crippen molar-refractivity contribution in [3.05, 3.63) is 58.1 Å². The Bertz CT molecular complexity index is 1470. The number of carbonyl (C=O) groups is 1. The standard InChI is InChI=1S/C32H41ClN2O7S/c1-20(17-43(34,38)39)42-25-10-12-40-30(15-25)26-7-4-23(26)16-35-18-32(11-2-3-21-13-24(33)6-8-27(21)32)19-41-29-9-5-22(31(36)37)14-28(29)35/h5-6,8-9,13-14,20,23,25-26,30H,2-4,7,10-12,15-19H2,1H3,(H,36,37)(H2,34,38,39)/t20-,23-,25+,26+,30-,32?/m0/s1. The van der Waals surface area contributed by atoms with Crippen LogP contribution in [-0.2, 0) is 31.3 Å². The van der Waals surface area contributed by atoms with Crippen molar-refractivity contribution in [2.75, 3.05) is 37.0 Å². The molecule has 2 fully saturated rings. The van der Waals surface area contributed by atoms with Gasteiger partial charge in [0.15, 0.2) is 0 Å². The average Bonchev–Trinajstić information content (AvgIpc) is 3.07.